The molecular formula is C22H22N4O2. The van der Waals surface area contributed by atoms with Gasteiger partial charge in [0.25, 0.3) is 5.91 Å². The normalized spacial score (nSPS) is 11.1. The average molecular weight is 374 g/mol. The Morgan fingerprint density at radius 1 is 1.14 bits per heavy atom. The first kappa shape index (κ1) is 17.9. The van der Waals surface area contributed by atoms with Crippen molar-refractivity contribution < 1.29 is 9.90 Å². The van der Waals surface area contributed by atoms with E-state index in [4.69, 9.17) is 0 Å². The number of hydrogen-bond acceptors (Lipinski definition) is 3. The van der Waals surface area contributed by atoms with Crippen molar-refractivity contribution in [3.05, 3.63) is 77.2 Å². The third-order valence-corrected chi connectivity index (χ3v) is 4.99. The molecule has 0 radical (unpaired) electrons. The highest BCUT2D eigenvalue weighted by Crippen LogP contribution is 2.25. The summed E-state index contributed by atoms with van der Waals surface area (Å²) in [5.41, 5.74) is 5.50. The monoisotopic (exact) mass is 374 g/mol. The number of fused-ring (bicyclic) bond motifs is 1. The lowest BCUT2D eigenvalue weighted by molar-refractivity contribution is 0.0943. The predicted molar refractivity (Wildman–Crippen MR) is 109 cm³/mol. The average Bonchev–Trinajstić information content (AvgIpc) is 3.24. The molecule has 0 aliphatic heterocycles. The smallest absolute Gasteiger partial charge is 0.273 e. The van der Waals surface area contributed by atoms with E-state index < -0.39 is 0 Å². The minimum Gasteiger partial charge on any atom is -0.504 e. The first-order valence-corrected chi connectivity index (χ1v) is 9.23. The van der Waals surface area contributed by atoms with Crippen LogP contribution in [0.25, 0.3) is 16.6 Å². The lowest BCUT2D eigenvalue weighted by Gasteiger charge is -2.09. The van der Waals surface area contributed by atoms with Crippen molar-refractivity contribution in [1.82, 2.24) is 20.1 Å². The number of para-hydroxylation sites is 2. The second-order valence-corrected chi connectivity index (χ2v) is 6.86. The summed E-state index contributed by atoms with van der Waals surface area (Å²) in [6, 6.07) is 15.5. The van der Waals surface area contributed by atoms with Crippen LogP contribution in [0, 0.1) is 13.8 Å². The summed E-state index contributed by atoms with van der Waals surface area (Å²) in [6.07, 6.45) is 1.98. The zero-order valence-electron chi connectivity index (χ0n) is 15.9. The van der Waals surface area contributed by atoms with Crippen molar-refractivity contribution in [3.63, 3.8) is 0 Å². The van der Waals surface area contributed by atoms with E-state index in [1.54, 1.807) is 0 Å². The standard InChI is InChI=1S/C22H22N4O2/c1-14-7-6-10-18-17(15(2)25-20(14)18)11-12-23-22(28)21-19(27)13-24-26(21)16-8-4-3-5-9-16/h3-10,13,25,27H,11-12H2,1-2H3,(H,23,28). The van der Waals surface area contributed by atoms with Gasteiger partial charge >= 0.3 is 0 Å². The van der Waals surface area contributed by atoms with Gasteiger partial charge < -0.3 is 15.4 Å². The van der Waals surface area contributed by atoms with Crippen LogP contribution >= 0.6 is 0 Å². The Labute approximate surface area is 162 Å². The Kier molecular flexibility index (Phi) is 4.61. The molecule has 142 valence electrons. The van der Waals surface area contributed by atoms with Crippen LogP contribution in [0.4, 0.5) is 0 Å². The summed E-state index contributed by atoms with van der Waals surface area (Å²) in [5.74, 6) is -0.493. The fourth-order valence-electron chi connectivity index (χ4n) is 3.57. The summed E-state index contributed by atoms with van der Waals surface area (Å²) in [4.78, 5) is 16.1. The number of nitrogens with one attached hydrogen (secondary N) is 2. The van der Waals surface area contributed by atoms with E-state index in [0.717, 1.165) is 16.9 Å². The maximum Gasteiger partial charge on any atom is 0.273 e. The van der Waals surface area contributed by atoms with E-state index in [-0.39, 0.29) is 17.4 Å². The van der Waals surface area contributed by atoms with Crippen LogP contribution in [0.15, 0.2) is 54.7 Å². The van der Waals surface area contributed by atoms with Crippen LogP contribution in [0.1, 0.15) is 27.3 Å². The Bertz CT molecular complexity index is 1140. The van der Waals surface area contributed by atoms with Crippen molar-refractivity contribution in [1.29, 1.82) is 0 Å². The fraction of sp³-hybridized carbons (Fsp3) is 0.182. The molecule has 4 rings (SSSR count). The molecule has 2 aromatic heterocycles. The predicted octanol–water partition coefficient (Wildman–Crippen LogP) is 3.65. The molecule has 0 spiro atoms. The molecule has 0 aliphatic carbocycles. The quantitative estimate of drug-likeness (QED) is 0.499. The highest BCUT2D eigenvalue weighted by atomic mass is 16.3. The van der Waals surface area contributed by atoms with E-state index in [1.807, 2.05) is 43.3 Å². The number of H-pyrrole nitrogens is 1. The number of amides is 1. The van der Waals surface area contributed by atoms with Gasteiger partial charge in [0.2, 0.25) is 0 Å². The first-order chi connectivity index (χ1) is 13.6. The highest BCUT2D eigenvalue weighted by Gasteiger charge is 2.19. The Morgan fingerprint density at radius 2 is 1.93 bits per heavy atom. The molecule has 0 unspecified atom stereocenters. The SMILES string of the molecule is Cc1[nH]c2c(C)cccc2c1CCNC(=O)c1c(O)cnn1-c1ccccc1. The van der Waals surface area contributed by atoms with Gasteiger partial charge in [-0.25, -0.2) is 4.68 Å². The third-order valence-electron chi connectivity index (χ3n) is 4.99. The molecule has 0 bridgehead atoms. The van der Waals surface area contributed by atoms with Gasteiger partial charge in [-0.15, -0.1) is 0 Å². The number of nitrogens with zero attached hydrogens (tertiary/aromatic N) is 2. The molecule has 0 atom stereocenters. The Balaban J connectivity index is 1.52. The van der Waals surface area contributed by atoms with Crippen LogP contribution in [0.5, 0.6) is 5.75 Å². The van der Waals surface area contributed by atoms with Crippen LogP contribution in [0.3, 0.4) is 0 Å². The number of hydrogen-bond donors (Lipinski definition) is 3. The number of aromatic hydroxyl groups is 1. The molecule has 3 N–H and O–H groups in total. The summed E-state index contributed by atoms with van der Waals surface area (Å²) in [7, 11) is 0. The molecular weight excluding hydrogens is 352 g/mol. The highest BCUT2D eigenvalue weighted by molar-refractivity contribution is 5.95. The number of aromatic amines is 1. The molecule has 0 aliphatic rings. The number of aromatic nitrogens is 3. The van der Waals surface area contributed by atoms with Gasteiger partial charge in [0.15, 0.2) is 11.4 Å². The molecule has 0 saturated carbocycles. The van der Waals surface area contributed by atoms with Gasteiger partial charge in [-0.05, 0) is 43.5 Å². The lowest BCUT2D eigenvalue weighted by Crippen LogP contribution is -2.28. The van der Waals surface area contributed by atoms with Gasteiger partial charge in [-0.2, -0.15) is 5.10 Å². The van der Waals surface area contributed by atoms with E-state index >= 15 is 0 Å². The molecule has 2 aromatic carbocycles. The van der Waals surface area contributed by atoms with Gasteiger partial charge in [0.1, 0.15) is 0 Å². The number of carbonyl (C=O) groups excluding carboxylic acids is 1. The summed E-state index contributed by atoms with van der Waals surface area (Å²) < 4.78 is 1.45. The minimum absolute atomic E-state index is 0.137. The Morgan fingerprint density at radius 3 is 2.71 bits per heavy atom. The number of aryl methyl sites for hydroxylation is 2. The minimum atomic E-state index is -0.354. The topological polar surface area (TPSA) is 82.9 Å². The summed E-state index contributed by atoms with van der Waals surface area (Å²) >= 11 is 0. The summed E-state index contributed by atoms with van der Waals surface area (Å²) in [6.45, 7) is 4.59. The fourth-order valence-corrected chi connectivity index (χ4v) is 3.57. The molecule has 0 fully saturated rings. The largest absolute Gasteiger partial charge is 0.504 e. The second kappa shape index (κ2) is 7.23. The zero-order valence-corrected chi connectivity index (χ0v) is 15.9. The van der Waals surface area contributed by atoms with Gasteiger partial charge in [-0.3, -0.25) is 4.79 Å². The molecule has 1 amide bonds. The molecule has 6 nitrogen and oxygen atoms in total. The molecule has 2 heterocycles. The van der Waals surface area contributed by atoms with E-state index in [2.05, 4.69) is 34.5 Å². The number of benzene rings is 2. The van der Waals surface area contributed by atoms with Gasteiger partial charge in [-0.1, -0.05) is 36.4 Å². The van der Waals surface area contributed by atoms with Crippen LogP contribution in [0.2, 0.25) is 0 Å². The van der Waals surface area contributed by atoms with Crippen LogP contribution in [-0.4, -0.2) is 32.3 Å². The van der Waals surface area contributed by atoms with Crippen molar-refractivity contribution >= 4 is 16.8 Å². The number of carbonyl (C=O) groups is 1. The van der Waals surface area contributed by atoms with Crippen LogP contribution < -0.4 is 5.32 Å². The van der Waals surface area contributed by atoms with Gasteiger partial charge in [0, 0.05) is 23.1 Å². The van der Waals surface area contributed by atoms with Crippen molar-refractivity contribution in [2.45, 2.75) is 20.3 Å². The van der Waals surface area contributed by atoms with Gasteiger partial charge in [0.05, 0.1) is 11.9 Å². The van der Waals surface area contributed by atoms with E-state index in [0.29, 0.717) is 13.0 Å². The van der Waals surface area contributed by atoms with Crippen molar-refractivity contribution in [2.75, 3.05) is 6.54 Å². The Hall–Kier alpha value is -3.54. The molecule has 6 heteroatoms. The van der Waals surface area contributed by atoms with Crippen molar-refractivity contribution in [2.24, 2.45) is 0 Å². The first-order valence-electron chi connectivity index (χ1n) is 9.23. The zero-order chi connectivity index (χ0) is 19.7. The van der Waals surface area contributed by atoms with Crippen LogP contribution in [-0.2, 0) is 6.42 Å². The second-order valence-electron chi connectivity index (χ2n) is 6.86. The lowest BCUT2D eigenvalue weighted by atomic mass is 10.1. The maximum absolute atomic E-state index is 12.7. The maximum atomic E-state index is 12.7. The molecule has 0 saturated heterocycles. The summed E-state index contributed by atoms with van der Waals surface area (Å²) in [5, 5.41) is 18.3. The van der Waals surface area contributed by atoms with E-state index in [9.17, 15) is 9.90 Å². The third kappa shape index (κ3) is 3.13. The number of rotatable bonds is 5. The van der Waals surface area contributed by atoms with E-state index in [1.165, 1.54) is 27.4 Å². The molecule has 4 aromatic rings. The van der Waals surface area contributed by atoms with Crippen molar-refractivity contribution in [3.8, 4) is 11.4 Å². The molecule has 28 heavy (non-hydrogen) atoms.